The highest BCUT2D eigenvalue weighted by atomic mass is 16.3. The van der Waals surface area contributed by atoms with Gasteiger partial charge >= 0.3 is 0 Å². The Morgan fingerprint density at radius 2 is 2.21 bits per heavy atom. The molecule has 5 heteroatoms. The lowest BCUT2D eigenvalue weighted by Crippen LogP contribution is -2.37. The summed E-state index contributed by atoms with van der Waals surface area (Å²) >= 11 is 0. The quantitative estimate of drug-likeness (QED) is 0.862. The first-order valence-electron chi connectivity index (χ1n) is 7.14. The smallest absolute Gasteiger partial charge is 0.137 e. The van der Waals surface area contributed by atoms with Crippen LogP contribution in [0.4, 0.5) is 11.6 Å². The number of nitrogen functional groups attached to an aromatic ring is 1. The number of aliphatic hydroxyl groups is 1. The molecule has 1 aromatic heterocycles. The second kappa shape index (κ2) is 6.19. The molecule has 1 fully saturated rings. The van der Waals surface area contributed by atoms with Crippen LogP contribution in [0.25, 0.3) is 0 Å². The Hall–Kier alpha value is -1.36. The number of hydrogen-bond acceptors (Lipinski definition) is 5. The molecule has 1 saturated heterocycles. The van der Waals surface area contributed by atoms with Crippen LogP contribution < -0.4 is 10.6 Å². The first-order chi connectivity index (χ1) is 9.15. The first-order valence-corrected chi connectivity index (χ1v) is 7.14. The predicted octanol–water partition coefficient (Wildman–Crippen LogP) is 1.53. The van der Waals surface area contributed by atoms with Gasteiger partial charge in [0.05, 0.1) is 0 Å². The van der Waals surface area contributed by atoms with Crippen LogP contribution in [0.5, 0.6) is 0 Å². The van der Waals surface area contributed by atoms with Crippen LogP contribution in [0.2, 0.25) is 0 Å². The van der Waals surface area contributed by atoms with Gasteiger partial charge in [-0.3, -0.25) is 0 Å². The summed E-state index contributed by atoms with van der Waals surface area (Å²) < 4.78 is 0. The van der Waals surface area contributed by atoms with E-state index in [1.54, 1.807) is 0 Å². The van der Waals surface area contributed by atoms with Gasteiger partial charge in [0.25, 0.3) is 0 Å². The third-order valence-corrected chi connectivity index (χ3v) is 3.88. The van der Waals surface area contributed by atoms with Crippen molar-refractivity contribution in [3.8, 4) is 0 Å². The number of nitrogens with two attached hydrogens (primary N) is 1. The molecule has 0 amide bonds. The third kappa shape index (κ3) is 3.15. The van der Waals surface area contributed by atoms with E-state index in [2.05, 4.69) is 14.9 Å². The topological polar surface area (TPSA) is 75.3 Å². The average molecular weight is 264 g/mol. The van der Waals surface area contributed by atoms with Crippen molar-refractivity contribution in [2.24, 2.45) is 5.92 Å². The van der Waals surface area contributed by atoms with Crippen LogP contribution >= 0.6 is 0 Å². The normalized spacial score (nSPS) is 19.7. The van der Waals surface area contributed by atoms with Gasteiger partial charge in [-0.05, 0) is 32.1 Å². The van der Waals surface area contributed by atoms with Crippen molar-refractivity contribution in [1.82, 2.24) is 9.97 Å². The van der Waals surface area contributed by atoms with Gasteiger partial charge in [-0.2, -0.15) is 0 Å². The minimum Gasteiger partial charge on any atom is -0.396 e. The van der Waals surface area contributed by atoms with Gasteiger partial charge in [-0.15, -0.1) is 0 Å². The maximum atomic E-state index is 9.09. The number of aromatic nitrogens is 2. The zero-order valence-corrected chi connectivity index (χ0v) is 11.9. The molecule has 0 bridgehead atoms. The van der Waals surface area contributed by atoms with Gasteiger partial charge in [-0.1, -0.05) is 6.92 Å². The summed E-state index contributed by atoms with van der Waals surface area (Å²) in [6.45, 7) is 6.27. The Balaban J connectivity index is 2.22. The second-order valence-electron chi connectivity index (χ2n) is 5.29. The summed E-state index contributed by atoms with van der Waals surface area (Å²) in [5.41, 5.74) is 6.95. The van der Waals surface area contributed by atoms with E-state index >= 15 is 0 Å². The molecule has 0 saturated carbocycles. The van der Waals surface area contributed by atoms with Gasteiger partial charge in [0, 0.05) is 31.7 Å². The summed E-state index contributed by atoms with van der Waals surface area (Å²) in [5.74, 6) is 2.93. The van der Waals surface area contributed by atoms with Crippen LogP contribution in [-0.2, 0) is 6.42 Å². The van der Waals surface area contributed by atoms with Crippen molar-refractivity contribution >= 4 is 11.6 Å². The predicted molar refractivity (Wildman–Crippen MR) is 77.2 cm³/mol. The molecule has 1 aromatic rings. The first kappa shape index (κ1) is 14.1. The van der Waals surface area contributed by atoms with Crippen molar-refractivity contribution in [2.75, 3.05) is 30.3 Å². The SMILES string of the molecule is CCc1nc(N)c(C)c(N2CCCC(CCO)C2)n1. The molecule has 1 aliphatic heterocycles. The monoisotopic (exact) mass is 264 g/mol. The molecule has 3 N–H and O–H groups in total. The van der Waals surface area contributed by atoms with Crippen molar-refractivity contribution in [2.45, 2.75) is 39.5 Å². The minimum absolute atomic E-state index is 0.267. The summed E-state index contributed by atoms with van der Waals surface area (Å²) in [6, 6.07) is 0. The van der Waals surface area contributed by atoms with Crippen LogP contribution in [0, 0.1) is 12.8 Å². The lowest BCUT2D eigenvalue weighted by Gasteiger charge is -2.34. The Kier molecular flexibility index (Phi) is 4.58. The van der Waals surface area contributed by atoms with Crippen LogP contribution in [0.3, 0.4) is 0 Å². The summed E-state index contributed by atoms with van der Waals surface area (Å²) in [5, 5.41) is 9.09. The van der Waals surface area contributed by atoms with E-state index in [4.69, 9.17) is 10.8 Å². The number of anilines is 2. The van der Waals surface area contributed by atoms with Crippen molar-refractivity contribution in [3.05, 3.63) is 11.4 Å². The van der Waals surface area contributed by atoms with E-state index in [1.165, 1.54) is 6.42 Å². The minimum atomic E-state index is 0.267. The lowest BCUT2D eigenvalue weighted by molar-refractivity contribution is 0.244. The molecular formula is C14H24N4O. The highest BCUT2D eigenvalue weighted by Gasteiger charge is 2.23. The third-order valence-electron chi connectivity index (χ3n) is 3.88. The maximum absolute atomic E-state index is 9.09. The number of piperidine rings is 1. The number of aliphatic hydroxyl groups excluding tert-OH is 1. The van der Waals surface area contributed by atoms with E-state index in [1.807, 2.05) is 13.8 Å². The van der Waals surface area contributed by atoms with E-state index in [0.717, 1.165) is 49.6 Å². The summed E-state index contributed by atoms with van der Waals surface area (Å²) in [7, 11) is 0. The van der Waals surface area contributed by atoms with Crippen LogP contribution in [-0.4, -0.2) is 34.8 Å². The standard InChI is InChI=1S/C14H24N4O/c1-3-12-16-13(15)10(2)14(17-12)18-7-4-5-11(9-18)6-8-19/h11,19H,3-9H2,1-2H3,(H2,15,16,17). The van der Waals surface area contributed by atoms with E-state index in [9.17, 15) is 0 Å². The van der Waals surface area contributed by atoms with Gasteiger partial charge in [-0.25, -0.2) is 9.97 Å². The molecule has 19 heavy (non-hydrogen) atoms. The molecule has 1 atom stereocenters. The van der Waals surface area contributed by atoms with Gasteiger partial charge in [0.2, 0.25) is 0 Å². The Morgan fingerprint density at radius 3 is 2.89 bits per heavy atom. The second-order valence-corrected chi connectivity index (χ2v) is 5.29. The molecule has 1 aliphatic rings. The number of hydrogen-bond donors (Lipinski definition) is 2. The van der Waals surface area contributed by atoms with Crippen molar-refractivity contribution < 1.29 is 5.11 Å². The fourth-order valence-electron chi connectivity index (χ4n) is 2.71. The summed E-state index contributed by atoms with van der Waals surface area (Å²) in [6.07, 6.45) is 4.01. The van der Waals surface area contributed by atoms with E-state index in [0.29, 0.717) is 11.7 Å². The van der Waals surface area contributed by atoms with Crippen molar-refractivity contribution in [1.29, 1.82) is 0 Å². The zero-order valence-electron chi connectivity index (χ0n) is 11.9. The number of aryl methyl sites for hydroxylation is 1. The Labute approximate surface area is 114 Å². The molecule has 106 valence electrons. The zero-order chi connectivity index (χ0) is 13.8. The fraction of sp³-hybridized carbons (Fsp3) is 0.714. The highest BCUT2D eigenvalue weighted by Crippen LogP contribution is 2.27. The molecule has 2 heterocycles. The van der Waals surface area contributed by atoms with E-state index in [-0.39, 0.29) is 6.61 Å². The van der Waals surface area contributed by atoms with Crippen molar-refractivity contribution in [3.63, 3.8) is 0 Å². The summed E-state index contributed by atoms with van der Waals surface area (Å²) in [4.78, 5) is 11.2. The molecule has 0 spiro atoms. The van der Waals surface area contributed by atoms with Gasteiger partial charge in [0.1, 0.15) is 17.5 Å². The van der Waals surface area contributed by atoms with E-state index < -0.39 is 0 Å². The molecular weight excluding hydrogens is 240 g/mol. The van der Waals surface area contributed by atoms with Gasteiger partial charge < -0.3 is 15.7 Å². The number of rotatable bonds is 4. The molecule has 0 radical (unpaired) electrons. The highest BCUT2D eigenvalue weighted by molar-refractivity contribution is 5.56. The number of nitrogens with zero attached hydrogens (tertiary/aromatic N) is 3. The molecule has 0 aliphatic carbocycles. The lowest BCUT2D eigenvalue weighted by atomic mass is 9.95. The van der Waals surface area contributed by atoms with Crippen LogP contribution in [0.1, 0.15) is 37.6 Å². The molecule has 5 nitrogen and oxygen atoms in total. The molecule has 0 aromatic carbocycles. The molecule has 2 rings (SSSR count). The largest absolute Gasteiger partial charge is 0.396 e. The fourth-order valence-corrected chi connectivity index (χ4v) is 2.71. The molecule has 1 unspecified atom stereocenters. The average Bonchev–Trinajstić information content (AvgIpc) is 2.42. The van der Waals surface area contributed by atoms with Gasteiger partial charge in [0.15, 0.2) is 0 Å². The Morgan fingerprint density at radius 1 is 1.42 bits per heavy atom. The van der Waals surface area contributed by atoms with Crippen LogP contribution in [0.15, 0.2) is 0 Å². The maximum Gasteiger partial charge on any atom is 0.137 e. The Bertz CT molecular complexity index is 434.